The first-order valence-corrected chi connectivity index (χ1v) is 10.1. The summed E-state index contributed by atoms with van der Waals surface area (Å²) in [7, 11) is 0. The third-order valence-electron chi connectivity index (χ3n) is 4.38. The van der Waals surface area contributed by atoms with Crippen molar-refractivity contribution < 1.29 is 4.79 Å². The van der Waals surface area contributed by atoms with Crippen LogP contribution in [-0.4, -0.2) is 32.3 Å². The van der Waals surface area contributed by atoms with Crippen LogP contribution in [0.25, 0.3) is 11.4 Å². The maximum atomic E-state index is 12.3. The molecule has 0 atom stereocenters. The smallest absolute Gasteiger partial charge is 0.267 e. The molecule has 4 rings (SSSR count). The normalized spacial score (nSPS) is 11.0. The topological polar surface area (TPSA) is 85.1 Å². The van der Waals surface area contributed by atoms with Crippen molar-refractivity contribution in [3.63, 3.8) is 0 Å². The first-order chi connectivity index (χ1) is 15.1. The van der Waals surface area contributed by atoms with Gasteiger partial charge in [-0.05, 0) is 29.0 Å². The molecule has 0 bridgehead atoms. The summed E-state index contributed by atoms with van der Waals surface area (Å²) < 4.78 is 0. The van der Waals surface area contributed by atoms with Crippen LogP contribution in [0.2, 0.25) is 10.0 Å². The van der Waals surface area contributed by atoms with Crippen LogP contribution in [0.1, 0.15) is 21.5 Å². The first-order valence-electron chi connectivity index (χ1n) is 9.30. The van der Waals surface area contributed by atoms with Crippen LogP contribution in [0.5, 0.6) is 0 Å². The Morgan fingerprint density at radius 1 is 1.00 bits per heavy atom. The summed E-state index contributed by atoms with van der Waals surface area (Å²) in [4.78, 5) is 13.8. The van der Waals surface area contributed by atoms with Gasteiger partial charge in [0.05, 0.1) is 22.8 Å². The molecule has 4 aromatic rings. The summed E-state index contributed by atoms with van der Waals surface area (Å²) in [6.07, 6.45) is 1.45. The molecule has 0 saturated heterocycles. The molecule has 0 radical (unpaired) electrons. The van der Waals surface area contributed by atoms with Crippen molar-refractivity contribution in [2.75, 3.05) is 0 Å². The average Bonchev–Trinajstić information content (AvgIpc) is 3.26. The second-order valence-electron chi connectivity index (χ2n) is 6.55. The number of tetrazole rings is 1. The highest BCUT2D eigenvalue weighted by Gasteiger charge is 2.08. The van der Waals surface area contributed by atoms with Crippen molar-refractivity contribution in [3.8, 4) is 11.4 Å². The zero-order chi connectivity index (χ0) is 21.6. The summed E-state index contributed by atoms with van der Waals surface area (Å²) in [5, 5.41) is 17.3. The van der Waals surface area contributed by atoms with Crippen LogP contribution in [0.15, 0.2) is 77.9 Å². The molecule has 1 amide bonds. The quantitative estimate of drug-likeness (QED) is 0.347. The van der Waals surface area contributed by atoms with E-state index in [0.717, 1.165) is 11.1 Å². The third-order valence-corrected chi connectivity index (χ3v) is 5.21. The minimum absolute atomic E-state index is 0.341. The van der Waals surface area contributed by atoms with E-state index in [4.69, 9.17) is 23.2 Å². The minimum Gasteiger partial charge on any atom is -0.267 e. The largest absolute Gasteiger partial charge is 0.271 e. The lowest BCUT2D eigenvalue weighted by molar-refractivity contribution is 0.0955. The van der Waals surface area contributed by atoms with Crippen LogP contribution in [-0.2, 0) is 6.54 Å². The van der Waals surface area contributed by atoms with Gasteiger partial charge in [-0.15, -0.1) is 10.2 Å². The Hall–Kier alpha value is -3.55. The van der Waals surface area contributed by atoms with E-state index >= 15 is 0 Å². The number of aromatic nitrogens is 4. The van der Waals surface area contributed by atoms with E-state index in [0.29, 0.717) is 33.5 Å². The molecule has 0 spiro atoms. The van der Waals surface area contributed by atoms with Gasteiger partial charge in [-0.25, -0.2) is 5.43 Å². The second kappa shape index (κ2) is 9.51. The number of amides is 1. The molecule has 0 aliphatic rings. The van der Waals surface area contributed by atoms with Gasteiger partial charge in [-0.1, -0.05) is 77.8 Å². The maximum absolute atomic E-state index is 12.3. The minimum atomic E-state index is -0.341. The number of nitrogens with zero attached hydrogens (tertiary/aromatic N) is 5. The van der Waals surface area contributed by atoms with Gasteiger partial charge in [0.2, 0.25) is 5.82 Å². The van der Waals surface area contributed by atoms with E-state index in [9.17, 15) is 4.79 Å². The second-order valence-corrected chi connectivity index (χ2v) is 7.33. The number of rotatable bonds is 6. The van der Waals surface area contributed by atoms with Gasteiger partial charge in [0.15, 0.2) is 0 Å². The SMILES string of the molecule is O=C(N/N=C/c1cccc(Cl)c1Cl)c1ccc(Cn2nnc(-c3ccccc3)n2)cc1. The number of hydrazone groups is 1. The molecule has 0 unspecified atom stereocenters. The summed E-state index contributed by atoms with van der Waals surface area (Å²) in [5.41, 5.74) is 5.39. The Bertz CT molecular complexity index is 1220. The van der Waals surface area contributed by atoms with Gasteiger partial charge in [-0.2, -0.15) is 9.90 Å². The summed E-state index contributed by atoms with van der Waals surface area (Å²) in [6.45, 7) is 0.438. The summed E-state index contributed by atoms with van der Waals surface area (Å²) in [5.74, 6) is 0.223. The number of hydrogen-bond acceptors (Lipinski definition) is 5. The molecule has 0 aliphatic carbocycles. The van der Waals surface area contributed by atoms with Crippen LogP contribution in [0.3, 0.4) is 0 Å². The lowest BCUT2D eigenvalue weighted by Gasteiger charge is -2.03. The summed E-state index contributed by atoms with van der Waals surface area (Å²) in [6, 6.07) is 21.9. The number of nitrogens with one attached hydrogen (secondary N) is 1. The van der Waals surface area contributed by atoms with Crippen molar-refractivity contribution in [3.05, 3.63) is 99.5 Å². The molecular formula is C22H16Cl2N6O. The van der Waals surface area contributed by atoms with Gasteiger partial charge in [0.1, 0.15) is 0 Å². The van der Waals surface area contributed by atoms with Crippen molar-refractivity contribution in [1.82, 2.24) is 25.6 Å². The molecule has 31 heavy (non-hydrogen) atoms. The van der Waals surface area contributed by atoms with Gasteiger partial charge in [-0.3, -0.25) is 4.79 Å². The predicted molar refractivity (Wildman–Crippen MR) is 120 cm³/mol. The van der Waals surface area contributed by atoms with E-state index < -0.39 is 0 Å². The highest BCUT2D eigenvalue weighted by molar-refractivity contribution is 6.43. The number of halogens is 2. The van der Waals surface area contributed by atoms with E-state index in [1.54, 1.807) is 30.3 Å². The predicted octanol–water partition coefficient (Wildman–Crippen LogP) is 4.46. The molecular weight excluding hydrogens is 435 g/mol. The maximum Gasteiger partial charge on any atom is 0.271 e. The first kappa shape index (κ1) is 20.7. The van der Waals surface area contributed by atoms with Gasteiger partial charge in [0.25, 0.3) is 5.91 Å². The fourth-order valence-corrected chi connectivity index (χ4v) is 3.14. The molecule has 1 aromatic heterocycles. The fourth-order valence-electron chi connectivity index (χ4n) is 2.78. The number of benzene rings is 3. The van der Waals surface area contributed by atoms with E-state index in [2.05, 4.69) is 25.9 Å². The van der Waals surface area contributed by atoms with Crippen LogP contribution in [0.4, 0.5) is 0 Å². The van der Waals surface area contributed by atoms with Crippen molar-refractivity contribution in [2.45, 2.75) is 6.54 Å². The van der Waals surface area contributed by atoms with Crippen molar-refractivity contribution in [1.29, 1.82) is 0 Å². The lowest BCUT2D eigenvalue weighted by atomic mass is 10.1. The molecule has 3 aromatic carbocycles. The average molecular weight is 451 g/mol. The van der Waals surface area contributed by atoms with Crippen LogP contribution < -0.4 is 5.43 Å². The third kappa shape index (κ3) is 5.14. The van der Waals surface area contributed by atoms with Crippen molar-refractivity contribution in [2.24, 2.45) is 5.10 Å². The Kier molecular flexibility index (Phi) is 6.35. The van der Waals surface area contributed by atoms with Crippen molar-refractivity contribution >= 4 is 35.3 Å². The molecule has 1 N–H and O–H groups in total. The Morgan fingerprint density at radius 2 is 1.77 bits per heavy atom. The zero-order valence-electron chi connectivity index (χ0n) is 16.1. The van der Waals surface area contributed by atoms with Gasteiger partial charge >= 0.3 is 0 Å². The van der Waals surface area contributed by atoms with E-state index in [1.807, 2.05) is 42.5 Å². The van der Waals surface area contributed by atoms with Gasteiger partial charge in [0, 0.05) is 16.7 Å². The highest BCUT2D eigenvalue weighted by atomic mass is 35.5. The number of carbonyl (C=O) groups excluding carboxylic acids is 1. The number of hydrogen-bond donors (Lipinski definition) is 1. The van der Waals surface area contributed by atoms with E-state index in [-0.39, 0.29) is 5.91 Å². The number of carbonyl (C=O) groups is 1. The Morgan fingerprint density at radius 3 is 2.55 bits per heavy atom. The molecule has 7 nitrogen and oxygen atoms in total. The molecule has 0 saturated carbocycles. The van der Waals surface area contributed by atoms with Crippen LogP contribution >= 0.6 is 23.2 Å². The zero-order valence-corrected chi connectivity index (χ0v) is 17.6. The molecule has 0 aliphatic heterocycles. The molecule has 1 heterocycles. The molecule has 0 fully saturated rings. The lowest BCUT2D eigenvalue weighted by Crippen LogP contribution is -2.17. The standard InChI is InChI=1S/C22H16Cl2N6O/c23-19-8-4-7-18(20(19)24)13-25-27-22(31)17-11-9-15(10-12-17)14-30-28-21(26-29-30)16-5-2-1-3-6-16/h1-13H,14H2,(H,27,31)/b25-13+. The Labute approximate surface area is 188 Å². The highest BCUT2D eigenvalue weighted by Crippen LogP contribution is 2.24. The van der Waals surface area contributed by atoms with Gasteiger partial charge < -0.3 is 0 Å². The summed E-state index contributed by atoms with van der Waals surface area (Å²) >= 11 is 12.1. The molecule has 9 heteroatoms. The Balaban J connectivity index is 1.37. The van der Waals surface area contributed by atoms with E-state index in [1.165, 1.54) is 11.0 Å². The monoisotopic (exact) mass is 450 g/mol. The van der Waals surface area contributed by atoms with Crippen LogP contribution in [0, 0.1) is 0 Å². The molecule has 154 valence electrons. The fraction of sp³-hybridized carbons (Fsp3) is 0.0455.